The van der Waals surface area contributed by atoms with Crippen molar-refractivity contribution in [2.45, 2.75) is 51.6 Å². The third-order valence-corrected chi connectivity index (χ3v) is 4.50. The van der Waals surface area contributed by atoms with Crippen molar-refractivity contribution in [1.82, 2.24) is 0 Å². The van der Waals surface area contributed by atoms with Gasteiger partial charge in [-0.1, -0.05) is 37.8 Å². The first-order valence-corrected chi connectivity index (χ1v) is 8.49. The summed E-state index contributed by atoms with van der Waals surface area (Å²) < 4.78 is 63.7. The second-order valence-corrected chi connectivity index (χ2v) is 6.67. The van der Waals surface area contributed by atoms with Crippen LogP contribution < -0.4 is 0 Å². The van der Waals surface area contributed by atoms with E-state index in [1.807, 2.05) is 6.08 Å². The number of hydrogen-bond acceptors (Lipinski definition) is 0. The molecule has 0 nitrogen and oxygen atoms in total. The van der Waals surface area contributed by atoms with Crippen LogP contribution in [-0.4, -0.2) is 6.18 Å². The zero-order valence-corrected chi connectivity index (χ0v) is 14.1. The molecule has 0 aromatic heterocycles. The van der Waals surface area contributed by atoms with E-state index in [4.69, 9.17) is 0 Å². The lowest BCUT2D eigenvalue weighted by atomic mass is 9.83. The van der Waals surface area contributed by atoms with Gasteiger partial charge >= 0.3 is 6.18 Å². The van der Waals surface area contributed by atoms with E-state index in [0.717, 1.165) is 24.0 Å². The summed E-state index contributed by atoms with van der Waals surface area (Å²) >= 11 is 0. The summed E-state index contributed by atoms with van der Waals surface area (Å²) in [5.41, 5.74) is -0.428. The van der Waals surface area contributed by atoms with Crippen molar-refractivity contribution in [3.05, 3.63) is 47.0 Å². The van der Waals surface area contributed by atoms with Gasteiger partial charge in [0.2, 0.25) is 0 Å². The molecule has 1 aromatic rings. The fourth-order valence-electron chi connectivity index (χ4n) is 3.04. The Kier molecular flexibility index (Phi) is 6.64. The van der Waals surface area contributed by atoms with E-state index >= 15 is 0 Å². The highest BCUT2D eigenvalue weighted by Crippen LogP contribution is 2.29. The van der Waals surface area contributed by atoms with Gasteiger partial charge in [0, 0.05) is 5.92 Å². The molecule has 0 heterocycles. The summed E-state index contributed by atoms with van der Waals surface area (Å²) in [4.78, 5) is 0. The van der Waals surface area contributed by atoms with Crippen molar-refractivity contribution < 1.29 is 22.0 Å². The third kappa shape index (κ3) is 6.53. The molecule has 2 rings (SSSR count). The predicted octanol–water partition coefficient (Wildman–Crippen LogP) is 6.19. The van der Waals surface area contributed by atoms with E-state index in [2.05, 4.69) is 13.0 Å². The van der Waals surface area contributed by atoms with Gasteiger partial charge in [-0.25, -0.2) is 8.78 Å². The quantitative estimate of drug-likeness (QED) is 0.343. The minimum atomic E-state index is -4.78. The zero-order chi connectivity index (χ0) is 18.4. The van der Waals surface area contributed by atoms with Crippen LogP contribution in [0.15, 0.2) is 24.3 Å². The van der Waals surface area contributed by atoms with Crippen molar-refractivity contribution in [2.24, 2.45) is 11.8 Å². The number of allylic oxidation sites excluding steroid dienone is 2. The van der Waals surface area contributed by atoms with Crippen LogP contribution in [0.4, 0.5) is 22.0 Å². The maximum absolute atomic E-state index is 13.8. The molecule has 25 heavy (non-hydrogen) atoms. The summed E-state index contributed by atoms with van der Waals surface area (Å²) in [6.45, 7) is 2.26. The first-order valence-electron chi connectivity index (χ1n) is 8.49. The molecular weight excluding hydrogens is 335 g/mol. The molecule has 0 atom stereocenters. The largest absolute Gasteiger partial charge is 0.458 e. The molecule has 136 valence electrons. The Morgan fingerprint density at radius 1 is 1.08 bits per heavy atom. The van der Waals surface area contributed by atoms with Crippen molar-refractivity contribution >= 4 is 0 Å². The zero-order valence-electron chi connectivity index (χ0n) is 14.1. The van der Waals surface area contributed by atoms with Crippen LogP contribution >= 0.6 is 0 Å². The van der Waals surface area contributed by atoms with Gasteiger partial charge in [0.15, 0.2) is 0 Å². The van der Waals surface area contributed by atoms with Gasteiger partial charge in [-0.05, 0) is 55.2 Å². The minimum Gasteiger partial charge on any atom is -0.206 e. The Balaban J connectivity index is 1.93. The monoisotopic (exact) mass is 356 g/mol. The lowest BCUT2D eigenvalue weighted by Gasteiger charge is -2.23. The maximum Gasteiger partial charge on any atom is 0.458 e. The summed E-state index contributed by atoms with van der Waals surface area (Å²) in [7, 11) is 0. The summed E-state index contributed by atoms with van der Waals surface area (Å²) in [6.07, 6.45) is 5.28. The van der Waals surface area contributed by atoms with Crippen LogP contribution in [0.2, 0.25) is 0 Å². The van der Waals surface area contributed by atoms with E-state index in [1.54, 1.807) is 0 Å². The molecule has 0 saturated heterocycles. The van der Waals surface area contributed by atoms with Gasteiger partial charge in [-0.2, -0.15) is 13.2 Å². The molecule has 0 N–H and O–H groups in total. The van der Waals surface area contributed by atoms with Crippen molar-refractivity contribution in [3.63, 3.8) is 0 Å². The Hall–Kier alpha value is -1.83. The minimum absolute atomic E-state index is 0.412. The van der Waals surface area contributed by atoms with E-state index in [0.29, 0.717) is 24.3 Å². The van der Waals surface area contributed by atoms with Crippen LogP contribution in [0.25, 0.3) is 0 Å². The van der Waals surface area contributed by atoms with Crippen LogP contribution in [0.1, 0.15) is 50.2 Å². The fourth-order valence-corrected chi connectivity index (χ4v) is 3.04. The van der Waals surface area contributed by atoms with E-state index in [1.165, 1.54) is 31.6 Å². The molecule has 0 spiro atoms. The molecular formula is C20H21F5. The second-order valence-electron chi connectivity index (χ2n) is 6.67. The summed E-state index contributed by atoms with van der Waals surface area (Å²) in [5, 5.41) is 0. The first kappa shape index (κ1) is 19.5. The van der Waals surface area contributed by atoms with E-state index in [-0.39, 0.29) is 0 Å². The SMILES string of the molecule is CC1CCC(/C=C/CCc2cc(F)c(C#CC(F)(F)F)c(F)c2)CC1. The van der Waals surface area contributed by atoms with Gasteiger partial charge in [0.25, 0.3) is 0 Å². The maximum atomic E-state index is 13.8. The Morgan fingerprint density at radius 3 is 2.24 bits per heavy atom. The predicted molar refractivity (Wildman–Crippen MR) is 87.9 cm³/mol. The van der Waals surface area contributed by atoms with Gasteiger partial charge in [0.05, 0.1) is 5.56 Å². The highest BCUT2D eigenvalue weighted by atomic mass is 19.4. The van der Waals surface area contributed by atoms with Crippen LogP contribution in [0.3, 0.4) is 0 Å². The smallest absolute Gasteiger partial charge is 0.206 e. The number of alkyl halides is 3. The Labute approximate surface area is 145 Å². The van der Waals surface area contributed by atoms with Gasteiger partial charge < -0.3 is 0 Å². The fraction of sp³-hybridized carbons (Fsp3) is 0.500. The molecule has 0 aliphatic heterocycles. The molecule has 0 bridgehead atoms. The normalized spacial score (nSPS) is 21.2. The Morgan fingerprint density at radius 2 is 1.68 bits per heavy atom. The highest BCUT2D eigenvalue weighted by Gasteiger charge is 2.23. The summed E-state index contributed by atoms with van der Waals surface area (Å²) in [5.74, 6) is 1.66. The molecule has 1 aliphatic carbocycles. The van der Waals surface area contributed by atoms with Gasteiger partial charge in [-0.3, -0.25) is 0 Å². The average Bonchev–Trinajstić information content (AvgIpc) is 2.51. The number of halogens is 5. The summed E-state index contributed by atoms with van der Waals surface area (Å²) in [6, 6.07) is 2.11. The molecule has 1 fully saturated rings. The lowest BCUT2D eigenvalue weighted by Crippen LogP contribution is -2.09. The topological polar surface area (TPSA) is 0 Å². The van der Waals surface area contributed by atoms with E-state index in [9.17, 15) is 22.0 Å². The van der Waals surface area contributed by atoms with Crippen LogP contribution in [0, 0.1) is 35.3 Å². The molecule has 1 aromatic carbocycles. The van der Waals surface area contributed by atoms with Crippen molar-refractivity contribution in [2.75, 3.05) is 0 Å². The molecule has 1 aliphatic rings. The van der Waals surface area contributed by atoms with Crippen LogP contribution in [0.5, 0.6) is 0 Å². The third-order valence-electron chi connectivity index (χ3n) is 4.50. The standard InChI is InChI=1S/C20H21F5/c1-14-6-8-15(9-7-14)4-2-3-5-16-12-18(21)17(19(22)13-16)10-11-20(23,24)25/h2,4,12-15H,3,5-9H2,1H3/b4-2+. The average molecular weight is 356 g/mol. The molecule has 0 unspecified atom stereocenters. The molecule has 5 heteroatoms. The number of benzene rings is 1. The Bertz CT molecular complexity index is 645. The molecule has 0 radical (unpaired) electrons. The van der Waals surface area contributed by atoms with Gasteiger partial charge in [-0.15, -0.1) is 0 Å². The van der Waals surface area contributed by atoms with Crippen molar-refractivity contribution in [1.29, 1.82) is 0 Å². The van der Waals surface area contributed by atoms with Gasteiger partial charge in [0.1, 0.15) is 11.6 Å². The number of aryl methyl sites for hydroxylation is 1. The molecule has 0 amide bonds. The van der Waals surface area contributed by atoms with E-state index < -0.39 is 23.4 Å². The lowest BCUT2D eigenvalue weighted by molar-refractivity contribution is -0.0696. The first-order chi connectivity index (χ1) is 11.7. The molecule has 1 saturated carbocycles. The second kappa shape index (κ2) is 8.51. The highest BCUT2D eigenvalue weighted by molar-refractivity contribution is 5.40. The van der Waals surface area contributed by atoms with Crippen LogP contribution in [-0.2, 0) is 6.42 Å². The van der Waals surface area contributed by atoms with Crippen molar-refractivity contribution in [3.8, 4) is 11.8 Å². The number of rotatable bonds is 4. The number of hydrogen-bond donors (Lipinski definition) is 0.